The molecule has 0 unspecified atom stereocenters. The van der Waals surface area contributed by atoms with Crippen LogP contribution in [0.3, 0.4) is 0 Å². The molecule has 8 heteroatoms. The van der Waals surface area contributed by atoms with Gasteiger partial charge in [-0.15, -0.1) is 13.2 Å². The van der Waals surface area contributed by atoms with Gasteiger partial charge in [-0.05, 0) is 20.8 Å². The molecule has 0 aliphatic carbocycles. The van der Waals surface area contributed by atoms with Crippen LogP contribution >= 0.6 is 0 Å². The van der Waals surface area contributed by atoms with Crippen molar-refractivity contribution in [1.82, 2.24) is 20.1 Å². The second-order valence-electron chi connectivity index (χ2n) is 4.80. The van der Waals surface area contributed by atoms with Crippen LogP contribution in [-0.2, 0) is 17.8 Å². The van der Waals surface area contributed by atoms with E-state index >= 15 is 0 Å². The van der Waals surface area contributed by atoms with Gasteiger partial charge >= 0.3 is 6.36 Å². The van der Waals surface area contributed by atoms with Gasteiger partial charge in [-0.2, -0.15) is 5.10 Å². The third-order valence-corrected chi connectivity index (χ3v) is 2.04. The Hall–Kier alpha value is -1.15. The van der Waals surface area contributed by atoms with Crippen LogP contribution in [0.5, 0.6) is 0 Å². The fourth-order valence-electron chi connectivity index (χ4n) is 1.20. The zero-order chi connectivity index (χ0) is 13.8. The Kier molecular flexibility index (Phi) is 4.69. The molecule has 1 heterocycles. The average Bonchev–Trinajstić information content (AvgIpc) is 2.59. The van der Waals surface area contributed by atoms with Gasteiger partial charge in [0.15, 0.2) is 0 Å². The lowest BCUT2D eigenvalue weighted by atomic mass is 10.1. The van der Waals surface area contributed by atoms with E-state index in [0.29, 0.717) is 12.4 Å². The molecule has 0 saturated heterocycles. The quantitative estimate of drug-likeness (QED) is 0.881. The highest BCUT2D eigenvalue weighted by atomic mass is 19.4. The SMILES string of the molecule is CC(C)(C)NCc1ncnn1CCOC(F)(F)F. The molecule has 1 rings (SSSR count). The first-order valence-corrected chi connectivity index (χ1v) is 5.50. The highest BCUT2D eigenvalue weighted by molar-refractivity contribution is 4.86. The zero-order valence-electron chi connectivity index (χ0n) is 10.6. The molecule has 0 amide bonds. The maximum Gasteiger partial charge on any atom is 0.522 e. The predicted molar refractivity (Wildman–Crippen MR) is 58.6 cm³/mol. The molecule has 0 spiro atoms. The van der Waals surface area contributed by atoms with Gasteiger partial charge in [0.25, 0.3) is 0 Å². The summed E-state index contributed by atoms with van der Waals surface area (Å²) in [6.07, 6.45) is -3.29. The van der Waals surface area contributed by atoms with Crippen LogP contribution in [0.25, 0.3) is 0 Å². The number of ether oxygens (including phenoxy) is 1. The Morgan fingerprint density at radius 3 is 2.56 bits per heavy atom. The molecule has 0 fully saturated rings. The van der Waals surface area contributed by atoms with Gasteiger partial charge in [0, 0.05) is 5.54 Å². The van der Waals surface area contributed by atoms with Crippen LogP contribution in [-0.4, -0.2) is 33.3 Å². The maximum atomic E-state index is 11.8. The molecular weight excluding hydrogens is 249 g/mol. The third-order valence-electron chi connectivity index (χ3n) is 2.04. The van der Waals surface area contributed by atoms with Gasteiger partial charge in [0.1, 0.15) is 12.2 Å². The number of nitrogens with one attached hydrogen (secondary N) is 1. The van der Waals surface area contributed by atoms with E-state index in [9.17, 15) is 13.2 Å². The van der Waals surface area contributed by atoms with Crippen LogP contribution in [0, 0.1) is 0 Å². The molecule has 1 N–H and O–H groups in total. The predicted octanol–water partition coefficient (Wildman–Crippen LogP) is 1.70. The summed E-state index contributed by atoms with van der Waals surface area (Å²) in [6.45, 7) is 5.94. The van der Waals surface area contributed by atoms with Gasteiger partial charge in [-0.3, -0.25) is 4.74 Å². The minimum Gasteiger partial charge on any atom is -0.305 e. The van der Waals surface area contributed by atoms with Crippen molar-refractivity contribution in [3.8, 4) is 0 Å². The minimum atomic E-state index is -4.61. The van der Waals surface area contributed by atoms with Crippen molar-refractivity contribution < 1.29 is 17.9 Å². The Labute approximate surface area is 103 Å². The van der Waals surface area contributed by atoms with E-state index in [0.717, 1.165) is 0 Å². The summed E-state index contributed by atoms with van der Waals surface area (Å²) in [5.41, 5.74) is -0.0980. The largest absolute Gasteiger partial charge is 0.522 e. The van der Waals surface area contributed by atoms with Crippen molar-refractivity contribution in [3.63, 3.8) is 0 Å². The molecule has 1 aromatic heterocycles. The maximum absolute atomic E-state index is 11.8. The van der Waals surface area contributed by atoms with Gasteiger partial charge in [-0.1, -0.05) is 0 Å². The number of nitrogens with zero attached hydrogens (tertiary/aromatic N) is 3. The molecule has 5 nitrogen and oxygen atoms in total. The molecule has 1 aromatic rings. The van der Waals surface area contributed by atoms with Crippen molar-refractivity contribution >= 4 is 0 Å². The topological polar surface area (TPSA) is 52.0 Å². The summed E-state index contributed by atoms with van der Waals surface area (Å²) in [5, 5.41) is 7.04. The highest BCUT2D eigenvalue weighted by Gasteiger charge is 2.28. The Balaban J connectivity index is 2.45. The van der Waals surface area contributed by atoms with Gasteiger partial charge in [0.2, 0.25) is 0 Å². The standard InChI is InChI=1S/C10H17F3N4O/c1-9(2,3)15-6-8-14-7-16-17(8)4-5-18-10(11,12)13/h7,15H,4-6H2,1-3H3. The Morgan fingerprint density at radius 2 is 2.00 bits per heavy atom. The lowest BCUT2D eigenvalue weighted by molar-refractivity contribution is -0.325. The summed E-state index contributed by atoms with van der Waals surface area (Å²) in [4.78, 5) is 3.99. The number of hydrogen-bond donors (Lipinski definition) is 1. The number of halogens is 3. The van der Waals surface area contributed by atoms with Crippen LogP contribution < -0.4 is 5.32 Å². The second kappa shape index (κ2) is 5.66. The molecule has 0 saturated carbocycles. The van der Waals surface area contributed by atoms with Crippen LogP contribution in [0.1, 0.15) is 26.6 Å². The van der Waals surface area contributed by atoms with Crippen molar-refractivity contribution in [2.24, 2.45) is 0 Å². The summed E-state index contributed by atoms with van der Waals surface area (Å²) in [6, 6.07) is 0. The molecule has 104 valence electrons. The number of alkyl halides is 3. The van der Waals surface area contributed by atoms with Gasteiger partial charge < -0.3 is 5.32 Å². The smallest absolute Gasteiger partial charge is 0.305 e. The summed E-state index contributed by atoms with van der Waals surface area (Å²) >= 11 is 0. The van der Waals surface area contributed by atoms with Crippen LogP contribution in [0.15, 0.2) is 6.33 Å². The molecule has 0 aliphatic rings. The van der Waals surface area contributed by atoms with Gasteiger partial charge in [0.05, 0.1) is 19.7 Å². The van der Waals surface area contributed by atoms with E-state index < -0.39 is 13.0 Å². The Morgan fingerprint density at radius 1 is 1.33 bits per heavy atom. The number of aromatic nitrogens is 3. The highest BCUT2D eigenvalue weighted by Crippen LogP contribution is 2.15. The normalized spacial score (nSPS) is 13.0. The third kappa shape index (κ3) is 5.97. The molecule has 0 aromatic carbocycles. The first-order chi connectivity index (χ1) is 8.17. The van der Waals surface area contributed by atoms with Crippen LogP contribution in [0.2, 0.25) is 0 Å². The zero-order valence-corrected chi connectivity index (χ0v) is 10.6. The lowest BCUT2D eigenvalue weighted by Crippen LogP contribution is -2.36. The molecule has 18 heavy (non-hydrogen) atoms. The van der Waals surface area contributed by atoms with Crippen molar-refractivity contribution in [2.75, 3.05) is 6.61 Å². The van der Waals surface area contributed by atoms with E-state index in [1.165, 1.54) is 11.0 Å². The molecule has 0 atom stereocenters. The van der Waals surface area contributed by atoms with E-state index in [1.54, 1.807) is 0 Å². The van der Waals surface area contributed by atoms with E-state index in [2.05, 4.69) is 20.1 Å². The number of rotatable bonds is 5. The summed E-state index contributed by atoms with van der Waals surface area (Å²) in [7, 11) is 0. The molecule has 0 bridgehead atoms. The van der Waals surface area contributed by atoms with E-state index in [1.807, 2.05) is 20.8 Å². The first kappa shape index (κ1) is 14.9. The lowest BCUT2D eigenvalue weighted by Gasteiger charge is -2.20. The van der Waals surface area contributed by atoms with E-state index in [4.69, 9.17) is 0 Å². The molecular formula is C10H17F3N4O. The monoisotopic (exact) mass is 266 g/mol. The number of hydrogen-bond acceptors (Lipinski definition) is 4. The van der Waals surface area contributed by atoms with Crippen LogP contribution in [0.4, 0.5) is 13.2 Å². The Bertz CT molecular complexity index is 370. The van der Waals surface area contributed by atoms with E-state index in [-0.39, 0.29) is 12.1 Å². The fourth-order valence-corrected chi connectivity index (χ4v) is 1.20. The average molecular weight is 266 g/mol. The molecule has 0 radical (unpaired) electrons. The fraction of sp³-hybridized carbons (Fsp3) is 0.800. The summed E-state index contributed by atoms with van der Waals surface area (Å²) < 4.78 is 40.5. The van der Waals surface area contributed by atoms with Gasteiger partial charge in [-0.25, -0.2) is 9.67 Å². The second-order valence-corrected chi connectivity index (χ2v) is 4.80. The first-order valence-electron chi connectivity index (χ1n) is 5.50. The minimum absolute atomic E-state index is 0.0145. The summed E-state index contributed by atoms with van der Waals surface area (Å²) in [5.74, 6) is 0.579. The van der Waals surface area contributed by atoms with Crippen molar-refractivity contribution in [3.05, 3.63) is 12.2 Å². The molecule has 0 aliphatic heterocycles. The van der Waals surface area contributed by atoms with Crippen molar-refractivity contribution in [2.45, 2.75) is 45.8 Å². The van der Waals surface area contributed by atoms with Crippen molar-refractivity contribution in [1.29, 1.82) is 0 Å².